The lowest BCUT2D eigenvalue weighted by Gasteiger charge is -2.38. The largest absolute Gasteiger partial charge is 0.463 e. The molecule has 5 rings (SSSR count). The highest BCUT2D eigenvalue weighted by Gasteiger charge is 2.64. The lowest BCUT2D eigenvalue weighted by molar-refractivity contribution is -0.170. The molecule has 1 unspecified atom stereocenters. The fraction of sp³-hybridized carbons (Fsp3) is 0.565. The Hall–Kier alpha value is -2.55. The molecule has 2 aromatic rings. The van der Waals surface area contributed by atoms with Gasteiger partial charge in [-0.1, -0.05) is 18.2 Å². The third-order valence-corrected chi connectivity index (χ3v) is 7.26. The van der Waals surface area contributed by atoms with E-state index in [0.29, 0.717) is 17.7 Å². The van der Waals surface area contributed by atoms with Crippen LogP contribution in [0.15, 0.2) is 34.9 Å². The van der Waals surface area contributed by atoms with Crippen molar-refractivity contribution in [2.45, 2.75) is 62.3 Å². The first-order valence-corrected chi connectivity index (χ1v) is 11.1. The summed E-state index contributed by atoms with van der Waals surface area (Å²) in [5, 5.41) is 6.02. The number of piperidine rings is 1. The van der Waals surface area contributed by atoms with Gasteiger partial charge in [0.05, 0.1) is 12.1 Å². The second-order valence-corrected chi connectivity index (χ2v) is 9.38. The summed E-state index contributed by atoms with van der Waals surface area (Å²) in [5.74, 6) is -0.444. The van der Waals surface area contributed by atoms with Crippen LogP contribution in [0, 0.1) is 5.92 Å². The predicted molar refractivity (Wildman–Crippen MR) is 111 cm³/mol. The molecule has 3 aliphatic rings. The molecule has 1 saturated carbocycles. The Bertz CT molecular complexity index is 1020. The van der Waals surface area contributed by atoms with Gasteiger partial charge in [-0.25, -0.2) is 0 Å². The molecule has 1 aliphatic carbocycles. The number of hydrogen-bond acceptors (Lipinski definition) is 4. The van der Waals surface area contributed by atoms with Gasteiger partial charge in [0.2, 0.25) is 5.91 Å². The van der Waals surface area contributed by atoms with E-state index in [-0.39, 0.29) is 43.3 Å². The molecule has 3 fully saturated rings. The van der Waals surface area contributed by atoms with E-state index in [1.165, 1.54) is 6.26 Å². The van der Waals surface area contributed by atoms with E-state index in [1.807, 2.05) is 24.3 Å². The minimum absolute atomic E-state index is 0.00719. The van der Waals surface area contributed by atoms with Crippen molar-refractivity contribution in [3.05, 3.63) is 36.1 Å². The maximum absolute atomic E-state index is 13.1. The number of carbonyl (C=O) groups is 2. The minimum Gasteiger partial charge on any atom is -0.463 e. The number of hydrogen-bond donors (Lipinski definition) is 2. The molecule has 3 atom stereocenters. The summed E-state index contributed by atoms with van der Waals surface area (Å²) in [5.41, 5.74) is -0.833. The summed E-state index contributed by atoms with van der Waals surface area (Å²) in [4.78, 5) is 27.1. The lowest BCUT2D eigenvalue weighted by atomic mass is 9.90. The molecule has 2 N–H and O–H groups in total. The van der Waals surface area contributed by atoms with Gasteiger partial charge in [-0.15, -0.1) is 0 Å². The maximum atomic E-state index is 13.1. The molecule has 9 heteroatoms. The van der Waals surface area contributed by atoms with Gasteiger partial charge in [-0.2, -0.15) is 13.2 Å². The maximum Gasteiger partial charge on any atom is 0.411 e. The number of furan rings is 1. The van der Waals surface area contributed by atoms with E-state index in [0.717, 1.165) is 31.1 Å². The smallest absolute Gasteiger partial charge is 0.411 e. The normalized spacial score (nSPS) is 26.8. The Morgan fingerprint density at radius 3 is 2.47 bits per heavy atom. The van der Waals surface area contributed by atoms with E-state index in [4.69, 9.17) is 4.42 Å². The van der Waals surface area contributed by atoms with E-state index in [1.54, 1.807) is 0 Å². The quantitative estimate of drug-likeness (QED) is 0.707. The first-order valence-electron chi connectivity index (χ1n) is 11.1. The Kier molecular flexibility index (Phi) is 5.19. The Morgan fingerprint density at radius 1 is 1.12 bits per heavy atom. The molecule has 1 aromatic heterocycles. The van der Waals surface area contributed by atoms with E-state index >= 15 is 0 Å². The van der Waals surface area contributed by atoms with Gasteiger partial charge in [0, 0.05) is 24.0 Å². The monoisotopic (exact) mass is 449 g/mol. The molecule has 32 heavy (non-hydrogen) atoms. The van der Waals surface area contributed by atoms with Crippen LogP contribution in [0.5, 0.6) is 0 Å². The fourth-order valence-electron chi connectivity index (χ4n) is 5.37. The van der Waals surface area contributed by atoms with Crippen molar-refractivity contribution < 1.29 is 27.2 Å². The van der Waals surface area contributed by atoms with E-state index in [2.05, 4.69) is 15.5 Å². The molecule has 2 amide bonds. The van der Waals surface area contributed by atoms with Crippen LogP contribution >= 0.6 is 0 Å². The number of fused-ring (bicyclic) bond motifs is 3. The topological polar surface area (TPSA) is 74.6 Å². The fourth-order valence-corrected chi connectivity index (χ4v) is 5.37. The Labute approximate surface area is 183 Å². The number of nitrogens with zero attached hydrogens (tertiary/aromatic N) is 1. The van der Waals surface area contributed by atoms with Gasteiger partial charge in [0.15, 0.2) is 0 Å². The minimum atomic E-state index is -4.40. The van der Waals surface area contributed by atoms with Gasteiger partial charge < -0.3 is 15.1 Å². The van der Waals surface area contributed by atoms with Crippen molar-refractivity contribution in [2.24, 2.45) is 5.92 Å². The van der Waals surface area contributed by atoms with Crippen molar-refractivity contribution in [2.75, 3.05) is 13.1 Å². The molecular formula is C23H26F3N3O3. The van der Waals surface area contributed by atoms with Gasteiger partial charge in [-0.3, -0.25) is 14.5 Å². The number of amides is 2. The first kappa shape index (κ1) is 21.3. The molecule has 0 spiro atoms. The van der Waals surface area contributed by atoms with Crippen molar-refractivity contribution in [3.63, 3.8) is 0 Å². The van der Waals surface area contributed by atoms with Gasteiger partial charge in [0.25, 0.3) is 5.91 Å². The highest BCUT2D eigenvalue weighted by Crippen LogP contribution is 2.49. The number of nitrogens with one attached hydrogen (secondary N) is 2. The SMILES string of the molecule is O=C(CN1[C@@H]2CC[C@H]1CC(CNC(=O)c1coc3ccccc13)C2)NC1(C(F)(F)F)CC1. The number of carbonyl (C=O) groups excluding carboxylic acids is 2. The van der Waals surface area contributed by atoms with Crippen LogP contribution < -0.4 is 10.6 Å². The Balaban J connectivity index is 1.14. The van der Waals surface area contributed by atoms with Gasteiger partial charge in [0.1, 0.15) is 17.4 Å². The second-order valence-electron chi connectivity index (χ2n) is 9.38. The number of halogens is 3. The summed E-state index contributed by atoms with van der Waals surface area (Å²) >= 11 is 0. The molecule has 2 aliphatic heterocycles. The zero-order chi connectivity index (χ0) is 22.5. The predicted octanol–water partition coefficient (Wildman–Crippen LogP) is 3.62. The van der Waals surface area contributed by atoms with Crippen LogP contribution in [0.4, 0.5) is 13.2 Å². The third kappa shape index (κ3) is 3.87. The van der Waals surface area contributed by atoms with E-state index in [9.17, 15) is 22.8 Å². The van der Waals surface area contributed by atoms with Crippen LogP contribution in [0.2, 0.25) is 0 Å². The number of alkyl halides is 3. The average molecular weight is 449 g/mol. The molecule has 6 nitrogen and oxygen atoms in total. The summed E-state index contributed by atoms with van der Waals surface area (Å²) in [7, 11) is 0. The third-order valence-electron chi connectivity index (χ3n) is 7.26. The summed E-state index contributed by atoms with van der Waals surface area (Å²) in [6.45, 7) is 0.538. The van der Waals surface area contributed by atoms with Crippen LogP contribution in [0.1, 0.15) is 48.9 Å². The van der Waals surface area contributed by atoms with Crippen LogP contribution in [0.25, 0.3) is 11.0 Å². The number of benzene rings is 1. The molecule has 172 valence electrons. The van der Waals surface area contributed by atoms with Crippen LogP contribution in [-0.2, 0) is 4.79 Å². The zero-order valence-corrected chi connectivity index (χ0v) is 17.6. The van der Waals surface area contributed by atoms with Crippen LogP contribution in [0.3, 0.4) is 0 Å². The first-order chi connectivity index (χ1) is 15.3. The molecule has 0 radical (unpaired) electrons. The number of para-hydroxylation sites is 1. The zero-order valence-electron chi connectivity index (χ0n) is 17.6. The Morgan fingerprint density at radius 2 is 1.81 bits per heavy atom. The van der Waals surface area contributed by atoms with Crippen molar-refractivity contribution in [1.82, 2.24) is 15.5 Å². The molecular weight excluding hydrogens is 423 g/mol. The van der Waals surface area contributed by atoms with Crippen molar-refractivity contribution in [1.29, 1.82) is 0 Å². The lowest BCUT2D eigenvalue weighted by Crippen LogP contribution is -2.54. The average Bonchev–Trinajstić information content (AvgIpc) is 3.36. The molecule has 3 heterocycles. The summed E-state index contributed by atoms with van der Waals surface area (Å²) < 4.78 is 44.8. The van der Waals surface area contributed by atoms with Crippen LogP contribution in [-0.4, -0.2) is 53.6 Å². The second kappa shape index (κ2) is 7.79. The van der Waals surface area contributed by atoms with Gasteiger partial charge >= 0.3 is 6.18 Å². The van der Waals surface area contributed by atoms with Crippen molar-refractivity contribution >= 4 is 22.8 Å². The van der Waals surface area contributed by atoms with Crippen molar-refractivity contribution in [3.8, 4) is 0 Å². The highest BCUT2D eigenvalue weighted by atomic mass is 19.4. The molecule has 2 bridgehead atoms. The number of rotatable bonds is 6. The highest BCUT2D eigenvalue weighted by molar-refractivity contribution is 6.05. The molecule has 2 saturated heterocycles. The van der Waals surface area contributed by atoms with E-state index < -0.39 is 17.6 Å². The standard InChI is InChI=1S/C23H26F3N3O3/c24-23(25,26)22(7-8-22)28-20(30)12-29-15-5-6-16(29)10-14(9-15)11-27-21(31)18-13-32-19-4-2-1-3-17(18)19/h1-4,13-16H,5-12H2,(H,27,31)(H,28,30)/t14?,15-,16+. The summed E-state index contributed by atoms with van der Waals surface area (Å²) in [6.07, 6.45) is 0.497. The summed E-state index contributed by atoms with van der Waals surface area (Å²) in [6, 6.07) is 7.70. The van der Waals surface area contributed by atoms with Gasteiger partial charge in [-0.05, 0) is 50.5 Å². The molecule has 1 aromatic carbocycles.